The Kier molecular flexibility index (Phi) is 6.40. The third-order valence-electron chi connectivity index (χ3n) is 4.27. The van der Waals surface area contributed by atoms with Gasteiger partial charge in [0.1, 0.15) is 0 Å². The Labute approximate surface area is 172 Å². The highest BCUT2D eigenvalue weighted by atomic mass is 35.5. The number of para-hydroxylation sites is 1. The molecule has 10 heteroatoms. The summed E-state index contributed by atoms with van der Waals surface area (Å²) in [6.45, 7) is 5.01. The van der Waals surface area contributed by atoms with Crippen LogP contribution in [0, 0.1) is 0 Å². The average Bonchev–Trinajstić information content (AvgIpc) is 3.25. The second kappa shape index (κ2) is 9.16. The summed E-state index contributed by atoms with van der Waals surface area (Å²) in [6.07, 6.45) is 0. The number of anilines is 2. The van der Waals surface area contributed by atoms with Crippen molar-refractivity contribution >= 4 is 34.9 Å². The quantitative estimate of drug-likeness (QED) is 0.570. The Balaban J connectivity index is 1.89. The second-order valence-corrected chi connectivity index (χ2v) is 6.44. The van der Waals surface area contributed by atoms with E-state index in [1.54, 1.807) is 47.4 Å². The molecule has 29 heavy (non-hydrogen) atoms. The summed E-state index contributed by atoms with van der Waals surface area (Å²) in [4.78, 5) is 26.8. The Bertz CT molecular complexity index is 1000. The third-order valence-corrected chi connectivity index (χ3v) is 4.60. The molecular formula is C19H20ClN7O2. The van der Waals surface area contributed by atoms with Crippen LogP contribution in [-0.4, -0.2) is 50.6 Å². The fourth-order valence-corrected chi connectivity index (χ4v) is 2.96. The monoisotopic (exact) mass is 413 g/mol. The van der Waals surface area contributed by atoms with Gasteiger partial charge in [-0.15, -0.1) is 10.2 Å². The molecule has 0 fully saturated rings. The van der Waals surface area contributed by atoms with Gasteiger partial charge in [-0.1, -0.05) is 23.7 Å². The van der Waals surface area contributed by atoms with E-state index in [2.05, 4.69) is 31.3 Å². The Morgan fingerprint density at radius 3 is 2.45 bits per heavy atom. The van der Waals surface area contributed by atoms with Crippen molar-refractivity contribution in [1.29, 1.82) is 0 Å². The number of H-pyrrole nitrogens is 1. The number of tetrazole rings is 1. The van der Waals surface area contributed by atoms with Gasteiger partial charge >= 0.3 is 6.03 Å². The number of hydrogen-bond acceptors (Lipinski definition) is 5. The number of benzene rings is 2. The lowest BCUT2D eigenvalue weighted by atomic mass is 10.1. The van der Waals surface area contributed by atoms with Crippen molar-refractivity contribution in [2.24, 2.45) is 0 Å². The van der Waals surface area contributed by atoms with Crippen LogP contribution in [0.5, 0.6) is 0 Å². The van der Waals surface area contributed by atoms with Gasteiger partial charge in [0.05, 0.1) is 16.4 Å². The fourth-order valence-electron chi connectivity index (χ4n) is 2.78. The van der Waals surface area contributed by atoms with Crippen molar-refractivity contribution in [3.05, 3.63) is 53.1 Å². The van der Waals surface area contributed by atoms with Crippen LogP contribution in [0.3, 0.4) is 0 Å². The molecule has 9 nitrogen and oxygen atoms in total. The lowest BCUT2D eigenvalue weighted by molar-refractivity contribution is 0.0773. The van der Waals surface area contributed by atoms with Gasteiger partial charge in [0, 0.05) is 24.2 Å². The predicted octanol–water partition coefficient (Wildman–Crippen LogP) is 3.65. The molecule has 0 saturated heterocycles. The smallest absolute Gasteiger partial charge is 0.323 e. The van der Waals surface area contributed by atoms with Crippen molar-refractivity contribution in [3.8, 4) is 11.4 Å². The number of urea groups is 1. The highest BCUT2D eigenvalue weighted by Gasteiger charge is 2.18. The number of halogens is 1. The first-order valence-electron chi connectivity index (χ1n) is 9.03. The van der Waals surface area contributed by atoms with E-state index in [4.69, 9.17) is 11.6 Å². The summed E-state index contributed by atoms with van der Waals surface area (Å²) in [5.74, 6) is 0.138. The lowest BCUT2D eigenvalue weighted by Crippen LogP contribution is -2.30. The molecule has 0 aliphatic heterocycles. The highest BCUT2D eigenvalue weighted by Crippen LogP contribution is 2.27. The zero-order chi connectivity index (χ0) is 20.8. The number of nitrogens with one attached hydrogen (secondary N) is 3. The van der Waals surface area contributed by atoms with Crippen LogP contribution in [0.4, 0.5) is 16.2 Å². The number of carbonyl (C=O) groups is 2. The van der Waals surface area contributed by atoms with Gasteiger partial charge in [-0.2, -0.15) is 5.21 Å². The summed E-state index contributed by atoms with van der Waals surface area (Å²) in [6, 6.07) is 11.3. The van der Waals surface area contributed by atoms with Gasteiger partial charge < -0.3 is 15.5 Å². The molecule has 1 heterocycles. The molecule has 150 valence electrons. The number of hydrogen-bond donors (Lipinski definition) is 3. The largest absolute Gasteiger partial charge is 0.339 e. The molecule has 3 amide bonds. The molecule has 3 rings (SSSR count). The van der Waals surface area contributed by atoms with Crippen LogP contribution < -0.4 is 10.6 Å². The SMILES string of the molecule is CCN(CC)C(=O)c1ccc(NC(=O)Nc2ccccc2Cl)c(-c2nn[nH]n2)c1. The van der Waals surface area contributed by atoms with E-state index in [1.165, 1.54) is 0 Å². The van der Waals surface area contributed by atoms with Crippen molar-refractivity contribution < 1.29 is 9.59 Å². The maximum atomic E-state index is 12.7. The van der Waals surface area contributed by atoms with Gasteiger partial charge in [-0.3, -0.25) is 4.79 Å². The van der Waals surface area contributed by atoms with E-state index >= 15 is 0 Å². The third kappa shape index (κ3) is 4.69. The minimum atomic E-state index is -0.495. The molecule has 0 aliphatic rings. The topological polar surface area (TPSA) is 116 Å². The molecule has 3 N–H and O–H groups in total. The maximum absolute atomic E-state index is 12.7. The van der Waals surface area contributed by atoms with Crippen molar-refractivity contribution in [2.75, 3.05) is 23.7 Å². The molecule has 0 unspecified atom stereocenters. The highest BCUT2D eigenvalue weighted by molar-refractivity contribution is 6.33. The molecule has 0 radical (unpaired) electrons. The molecule has 0 bridgehead atoms. The van der Waals surface area contributed by atoms with Crippen molar-refractivity contribution in [2.45, 2.75) is 13.8 Å². The van der Waals surface area contributed by atoms with Gasteiger partial charge in [0.25, 0.3) is 5.91 Å². The maximum Gasteiger partial charge on any atom is 0.323 e. The fraction of sp³-hybridized carbons (Fsp3) is 0.211. The first kappa shape index (κ1) is 20.3. The summed E-state index contributed by atoms with van der Waals surface area (Å²) < 4.78 is 0. The normalized spacial score (nSPS) is 10.4. The van der Waals surface area contributed by atoms with E-state index < -0.39 is 6.03 Å². The zero-order valence-electron chi connectivity index (χ0n) is 15.9. The molecule has 0 spiro atoms. The summed E-state index contributed by atoms with van der Waals surface area (Å²) in [5, 5.41) is 19.7. The second-order valence-electron chi connectivity index (χ2n) is 6.03. The number of rotatable bonds is 6. The van der Waals surface area contributed by atoms with E-state index in [0.29, 0.717) is 40.6 Å². The van der Waals surface area contributed by atoms with Crippen LogP contribution in [0.15, 0.2) is 42.5 Å². The van der Waals surface area contributed by atoms with Gasteiger partial charge in [-0.05, 0) is 49.4 Å². The Morgan fingerprint density at radius 1 is 1.07 bits per heavy atom. The number of aromatic nitrogens is 4. The standard InChI is InChI=1S/C19H20ClN7O2/c1-3-27(4-2)18(28)12-9-10-15(13(11-12)17-23-25-26-24-17)21-19(29)22-16-8-6-5-7-14(16)20/h5-11H,3-4H2,1-2H3,(H2,21,22,29)(H,23,24,25,26). The van der Waals surface area contributed by atoms with Crippen LogP contribution in [0.25, 0.3) is 11.4 Å². The molecule has 2 aromatic carbocycles. The molecular weight excluding hydrogens is 394 g/mol. The van der Waals surface area contributed by atoms with Crippen LogP contribution in [-0.2, 0) is 0 Å². The van der Waals surface area contributed by atoms with E-state index in [0.717, 1.165) is 0 Å². The van der Waals surface area contributed by atoms with Gasteiger partial charge in [0.15, 0.2) is 0 Å². The van der Waals surface area contributed by atoms with E-state index in [9.17, 15) is 9.59 Å². The van der Waals surface area contributed by atoms with Gasteiger partial charge in [0.2, 0.25) is 5.82 Å². The number of nitrogens with zero attached hydrogens (tertiary/aromatic N) is 4. The summed E-state index contributed by atoms with van der Waals surface area (Å²) >= 11 is 6.08. The molecule has 0 saturated carbocycles. The van der Waals surface area contributed by atoms with Crippen LogP contribution in [0.1, 0.15) is 24.2 Å². The van der Waals surface area contributed by atoms with Crippen LogP contribution in [0.2, 0.25) is 5.02 Å². The van der Waals surface area contributed by atoms with Crippen molar-refractivity contribution in [3.63, 3.8) is 0 Å². The summed E-state index contributed by atoms with van der Waals surface area (Å²) in [5.41, 5.74) is 1.82. The van der Waals surface area contributed by atoms with Crippen molar-refractivity contribution in [1.82, 2.24) is 25.5 Å². The predicted molar refractivity (Wildman–Crippen MR) is 111 cm³/mol. The molecule has 0 atom stereocenters. The molecule has 3 aromatic rings. The minimum Gasteiger partial charge on any atom is -0.339 e. The first-order chi connectivity index (χ1) is 14.0. The number of amides is 3. The Hall–Kier alpha value is -3.46. The Morgan fingerprint density at radius 2 is 1.79 bits per heavy atom. The summed E-state index contributed by atoms with van der Waals surface area (Å²) in [7, 11) is 0. The number of carbonyl (C=O) groups excluding carboxylic acids is 2. The van der Waals surface area contributed by atoms with Gasteiger partial charge in [-0.25, -0.2) is 4.79 Å². The number of aromatic amines is 1. The minimum absolute atomic E-state index is 0.119. The molecule has 0 aliphatic carbocycles. The lowest BCUT2D eigenvalue weighted by Gasteiger charge is -2.19. The molecule has 1 aromatic heterocycles. The zero-order valence-corrected chi connectivity index (χ0v) is 16.7. The van der Waals surface area contributed by atoms with E-state index in [1.807, 2.05) is 13.8 Å². The van der Waals surface area contributed by atoms with E-state index in [-0.39, 0.29) is 11.7 Å². The average molecular weight is 414 g/mol. The first-order valence-corrected chi connectivity index (χ1v) is 9.41. The van der Waals surface area contributed by atoms with Crippen LogP contribution >= 0.6 is 11.6 Å².